The molecule has 0 heterocycles. The van der Waals surface area contributed by atoms with Crippen molar-refractivity contribution in [1.82, 2.24) is 5.32 Å². The van der Waals surface area contributed by atoms with Gasteiger partial charge in [-0.25, -0.2) is 0 Å². The van der Waals surface area contributed by atoms with Crippen molar-refractivity contribution in [2.45, 2.75) is 33.2 Å². The summed E-state index contributed by atoms with van der Waals surface area (Å²) in [4.78, 5) is 45.7. The van der Waals surface area contributed by atoms with Crippen molar-refractivity contribution in [1.29, 1.82) is 0 Å². The van der Waals surface area contributed by atoms with Gasteiger partial charge in [0.2, 0.25) is 11.8 Å². The number of carbonyl (C=O) groups excluding carboxylic acids is 4. The van der Waals surface area contributed by atoms with Gasteiger partial charge in [0, 0.05) is 6.92 Å². The third kappa shape index (κ3) is 6.17. The molecule has 0 bridgehead atoms. The summed E-state index contributed by atoms with van der Waals surface area (Å²) in [5.41, 5.74) is 5.16. The van der Waals surface area contributed by atoms with Gasteiger partial charge in [0.05, 0.1) is 25.6 Å². The summed E-state index contributed by atoms with van der Waals surface area (Å²) in [6.07, 6.45) is -0.402. The predicted molar refractivity (Wildman–Crippen MR) is 68.2 cm³/mol. The molecule has 8 heteroatoms. The van der Waals surface area contributed by atoms with Crippen LogP contribution in [0.5, 0.6) is 0 Å². The summed E-state index contributed by atoms with van der Waals surface area (Å²) in [6, 6.07) is -1.32. The Balaban J connectivity index is 5.13. The minimum absolute atomic E-state index is 0.0731. The van der Waals surface area contributed by atoms with Gasteiger partial charge in [-0.15, -0.1) is 0 Å². The molecule has 114 valence electrons. The van der Waals surface area contributed by atoms with Gasteiger partial charge in [-0.1, -0.05) is 0 Å². The van der Waals surface area contributed by atoms with Crippen LogP contribution in [0, 0.1) is 5.92 Å². The third-order valence-electron chi connectivity index (χ3n) is 2.35. The van der Waals surface area contributed by atoms with E-state index in [9.17, 15) is 19.2 Å². The second-order valence-electron chi connectivity index (χ2n) is 3.95. The Labute approximate surface area is 117 Å². The molecule has 2 amide bonds. The van der Waals surface area contributed by atoms with E-state index in [1.165, 1.54) is 6.92 Å². The van der Waals surface area contributed by atoms with Gasteiger partial charge in [0.1, 0.15) is 6.04 Å². The van der Waals surface area contributed by atoms with Crippen molar-refractivity contribution in [2.24, 2.45) is 11.7 Å². The molecular weight excluding hydrogens is 268 g/mol. The fourth-order valence-corrected chi connectivity index (χ4v) is 1.58. The summed E-state index contributed by atoms with van der Waals surface area (Å²) in [5, 5.41) is 2.24. The second-order valence-corrected chi connectivity index (χ2v) is 3.95. The molecule has 20 heavy (non-hydrogen) atoms. The zero-order valence-electron chi connectivity index (χ0n) is 11.8. The van der Waals surface area contributed by atoms with E-state index in [0.29, 0.717) is 0 Å². The molecule has 0 fully saturated rings. The highest BCUT2D eigenvalue weighted by molar-refractivity contribution is 5.92. The van der Waals surface area contributed by atoms with Gasteiger partial charge >= 0.3 is 11.9 Å². The van der Waals surface area contributed by atoms with Gasteiger partial charge in [0.15, 0.2) is 0 Å². The highest BCUT2D eigenvalue weighted by atomic mass is 16.5. The summed E-state index contributed by atoms with van der Waals surface area (Å²) in [7, 11) is 0. The average molecular weight is 288 g/mol. The molecule has 0 aliphatic carbocycles. The molecule has 2 atom stereocenters. The van der Waals surface area contributed by atoms with E-state index in [2.05, 4.69) is 5.32 Å². The first-order valence-electron chi connectivity index (χ1n) is 6.22. The third-order valence-corrected chi connectivity index (χ3v) is 2.35. The molecule has 3 N–H and O–H groups in total. The molecule has 0 rings (SSSR count). The monoisotopic (exact) mass is 288 g/mol. The van der Waals surface area contributed by atoms with Gasteiger partial charge in [-0.2, -0.15) is 0 Å². The van der Waals surface area contributed by atoms with Crippen molar-refractivity contribution < 1.29 is 28.7 Å². The second kappa shape index (κ2) is 8.89. The standard InChI is InChI=1S/C12H20N2O6/c1-4-19-9(16)6-8(12(18)20-5-2)10(11(13)17)14-7(3)15/h8,10H,4-6H2,1-3H3,(H2,13,17)(H,14,15)/t8-,10+/m1/s1. The van der Waals surface area contributed by atoms with E-state index < -0.39 is 42.1 Å². The van der Waals surface area contributed by atoms with Gasteiger partial charge < -0.3 is 20.5 Å². The highest BCUT2D eigenvalue weighted by Gasteiger charge is 2.36. The lowest BCUT2D eigenvalue weighted by Gasteiger charge is -2.22. The maximum absolute atomic E-state index is 11.8. The Kier molecular flexibility index (Phi) is 7.95. The lowest BCUT2D eigenvalue weighted by molar-refractivity contribution is -0.157. The topological polar surface area (TPSA) is 125 Å². The minimum Gasteiger partial charge on any atom is -0.466 e. The van der Waals surface area contributed by atoms with Crippen molar-refractivity contribution in [2.75, 3.05) is 13.2 Å². The zero-order chi connectivity index (χ0) is 15.7. The maximum atomic E-state index is 11.8. The summed E-state index contributed by atoms with van der Waals surface area (Å²) in [5.74, 6) is -4.16. The predicted octanol–water partition coefficient (Wildman–Crippen LogP) is -0.891. The first kappa shape index (κ1) is 17.9. The number of nitrogens with two attached hydrogens (primary N) is 1. The molecular formula is C12H20N2O6. The van der Waals surface area contributed by atoms with Crippen LogP contribution in [0.15, 0.2) is 0 Å². The van der Waals surface area contributed by atoms with Gasteiger partial charge in [-0.05, 0) is 13.8 Å². The molecule has 0 aromatic heterocycles. The number of ether oxygens (including phenoxy) is 2. The minimum atomic E-state index is -1.32. The molecule has 0 spiro atoms. The van der Waals surface area contributed by atoms with Crippen LogP contribution < -0.4 is 11.1 Å². The van der Waals surface area contributed by atoms with Crippen LogP contribution in [0.1, 0.15) is 27.2 Å². The van der Waals surface area contributed by atoms with Crippen LogP contribution in [0.25, 0.3) is 0 Å². The number of hydrogen-bond donors (Lipinski definition) is 2. The fraction of sp³-hybridized carbons (Fsp3) is 0.667. The largest absolute Gasteiger partial charge is 0.466 e. The Bertz CT molecular complexity index is 382. The van der Waals surface area contributed by atoms with Crippen molar-refractivity contribution >= 4 is 23.8 Å². The number of carbonyl (C=O) groups is 4. The lowest BCUT2D eigenvalue weighted by Crippen LogP contribution is -2.51. The Hall–Kier alpha value is -2.12. The molecule has 0 aliphatic heterocycles. The van der Waals surface area contributed by atoms with E-state index >= 15 is 0 Å². The number of hydrogen-bond acceptors (Lipinski definition) is 6. The van der Waals surface area contributed by atoms with E-state index in [-0.39, 0.29) is 13.2 Å². The SMILES string of the molecule is CCOC(=O)C[C@@H](C(=O)OCC)[C@H](NC(C)=O)C(N)=O. The molecule has 0 saturated carbocycles. The van der Waals surface area contributed by atoms with Gasteiger partial charge in [-0.3, -0.25) is 19.2 Å². The quantitative estimate of drug-likeness (QED) is 0.558. The summed E-state index contributed by atoms with van der Waals surface area (Å²) >= 11 is 0. The van der Waals surface area contributed by atoms with Crippen LogP contribution in [0.4, 0.5) is 0 Å². The van der Waals surface area contributed by atoms with E-state index in [1.807, 2.05) is 0 Å². The molecule has 0 saturated heterocycles. The molecule has 0 aliphatic rings. The Morgan fingerprint density at radius 2 is 1.65 bits per heavy atom. The number of nitrogens with one attached hydrogen (secondary N) is 1. The summed E-state index contributed by atoms with van der Waals surface area (Å²) < 4.78 is 9.51. The van der Waals surface area contributed by atoms with Crippen molar-refractivity contribution in [3.63, 3.8) is 0 Å². The number of rotatable bonds is 8. The molecule has 8 nitrogen and oxygen atoms in total. The number of primary amides is 1. The first-order valence-corrected chi connectivity index (χ1v) is 6.22. The molecule has 0 radical (unpaired) electrons. The van der Waals surface area contributed by atoms with Crippen molar-refractivity contribution in [3.8, 4) is 0 Å². The van der Waals surface area contributed by atoms with E-state index in [4.69, 9.17) is 15.2 Å². The smallest absolute Gasteiger partial charge is 0.312 e. The molecule has 0 aromatic rings. The molecule has 0 unspecified atom stereocenters. The van der Waals surface area contributed by atoms with Crippen LogP contribution >= 0.6 is 0 Å². The van der Waals surface area contributed by atoms with Crippen LogP contribution in [0.2, 0.25) is 0 Å². The fourth-order valence-electron chi connectivity index (χ4n) is 1.58. The lowest BCUT2D eigenvalue weighted by atomic mass is 9.95. The Morgan fingerprint density at radius 3 is 2.05 bits per heavy atom. The number of amides is 2. The van der Waals surface area contributed by atoms with Gasteiger partial charge in [0.25, 0.3) is 0 Å². The number of esters is 2. The first-order chi connectivity index (χ1) is 9.33. The van der Waals surface area contributed by atoms with Crippen molar-refractivity contribution in [3.05, 3.63) is 0 Å². The Morgan fingerprint density at radius 1 is 1.10 bits per heavy atom. The normalized spacial score (nSPS) is 12.9. The average Bonchev–Trinajstić information content (AvgIpc) is 2.33. The summed E-state index contributed by atoms with van der Waals surface area (Å²) in [6.45, 7) is 4.57. The maximum Gasteiger partial charge on any atom is 0.312 e. The van der Waals surface area contributed by atoms with E-state index in [1.54, 1.807) is 13.8 Å². The van der Waals surface area contributed by atoms with Crippen LogP contribution in [0.3, 0.4) is 0 Å². The van der Waals surface area contributed by atoms with Crippen LogP contribution in [-0.2, 0) is 28.7 Å². The zero-order valence-corrected chi connectivity index (χ0v) is 11.8. The van der Waals surface area contributed by atoms with Crippen LogP contribution in [-0.4, -0.2) is 43.0 Å². The van der Waals surface area contributed by atoms with E-state index in [0.717, 1.165) is 0 Å². The molecule has 0 aromatic carbocycles. The highest BCUT2D eigenvalue weighted by Crippen LogP contribution is 2.13.